The van der Waals surface area contributed by atoms with Gasteiger partial charge in [-0.2, -0.15) is 0 Å². The molecule has 0 aliphatic carbocycles. The summed E-state index contributed by atoms with van der Waals surface area (Å²) >= 11 is 0. The molecule has 0 radical (unpaired) electrons. The average Bonchev–Trinajstić information content (AvgIpc) is 3.09. The highest BCUT2D eigenvalue weighted by molar-refractivity contribution is 5.93. The predicted molar refractivity (Wildman–Crippen MR) is 109 cm³/mol. The Morgan fingerprint density at radius 2 is 1.96 bits per heavy atom. The van der Waals surface area contributed by atoms with Crippen molar-refractivity contribution < 1.29 is 9.53 Å². The Labute approximate surface area is 165 Å². The molecule has 1 atom stereocenters. The SMILES string of the molecule is Cc1cc(-c2ccc3nc(NC(=O)C4CC(C)(C)OC4(C)C)cn3c2)ccn1. The zero-order valence-corrected chi connectivity index (χ0v) is 17.0. The van der Waals surface area contributed by atoms with E-state index in [1.54, 1.807) is 6.20 Å². The van der Waals surface area contributed by atoms with E-state index in [9.17, 15) is 4.79 Å². The number of amides is 1. The molecule has 28 heavy (non-hydrogen) atoms. The fraction of sp³-hybridized carbons (Fsp3) is 0.409. The van der Waals surface area contributed by atoms with E-state index in [4.69, 9.17) is 4.74 Å². The van der Waals surface area contributed by atoms with Crippen molar-refractivity contribution >= 4 is 17.4 Å². The molecule has 1 fully saturated rings. The van der Waals surface area contributed by atoms with Crippen molar-refractivity contribution in [2.75, 3.05) is 5.32 Å². The molecule has 0 saturated carbocycles. The van der Waals surface area contributed by atoms with Gasteiger partial charge < -0.3 is 14.5 Å². The van der Waals surface area contributed by atoms with Crippen LogP contribution in [0.25, 0.3) is 16.8 Å². The molecule has 1 amide bonds. The van der Waals surface area contributed by atoms with Gasteiger partial charge in [0, 0.05) is 18.1 Å². The van der Waals surface area contributed by atoms with Crippen LogP contribution in [0, 0.1) is 12.8 Å². The average molecular weight is 378 g/mol. The fourth-order valence-electron chi connectivity index (χ4n) is 4.13. The number of aryl methyl sites for hydroxylation is 1. The number of nitrogens with zero attached hydrogens (tertiary/aromatic N) is 3. The van der Waals surface area contributed by atoms with Gasteiger partial charge in [0.2, 0.25) is 5.91 Å². The molecule has 0 bridgehead atoms. The van der Waals surface area contributed by atoms with Crippen LogP contribution in [-0.2, 0) is 9.53 Å². The molecule has 0 spiro atoms. The predicted octanol–water partition coefficient (Wildman–Crippen LogP) is 4.24. The van der Waals surface area contributed by atoms with Gasteiger partial charge in [-0.1, -0.05) is 0 Å². The molecule has 4 heterocycles. The normalized spacial score (nSPS) is 20.4. The molecule has 1 aliphatic rings. The number of ether oxygens (including phenoxy) is 1. The molecule has 1 N–H and O–H groups in total. The number of fused-ring (bicyclic) bond motifs is 1. The highest BCUT2D eigenvalue weighted by Gasteiger charge is 2.49. The zero-order valence-electron chi connectivity index (χ0n) is 17.0. The van der Waals surface area contributed by atoms with E-state index in [0.717, 1.165) is 22.5 Å². The summed E-state index contributed by atoms with van der Waals surface area (Å²) in [6.45, 7) is 9.96. The molecule has 6 heteroatoms. The van der Waals surface area contributed by atoms with E-state index in [1.807, 2.05) is 75.7 Å². The largest absolute Gasteiger partial charge is 0.369 e. The number of hydrogen-bond acceptors (Lipinski definition) is 4. The Balaban J connectivity index is 1.58. The minimum atomic E-state index is -0.501. The van der Waals surface area contributed by atoms with Gasteiger partial charge in [0.1, 0.15) is 5.65 Å². The number of aromatic nitrogens is 3. The van der Waals surface area contributed by atoms with Gasteiger partial charge in [0.05, 0.1) is 23.3 Å². The first kappa shape index (κ1) is 18.6. The molecule has 146 valence electrons. The second-order valence-electron chi connectivity index (χ2n) is 8.71. The van der Waals surface area contributed by atoms with Gasteiger partial charge in [-0.25, -0.2) is 4.98 Å². The molecular formula is C22H26N4O2. The van der Waals surface area contributed by atoms with Crippen LogP contribution in [0.15, 0.2) is 42.9 Å². The van der Waals surface area contributed by atoms with Crippen molar-refractivity contribution in [2.45, 2.75) is 52.2 Å². The maximum absolute atomic E-state index is 12.9. The van der Waals surface area contributed by atoms with Crippen molar-refractivity contribution in [3.05, 3.63) is 48.5 Å². The Hall–Kier alpha value is -2.73. The third-order valence-electron chi connectivity index (χ3n) is 5.32. The third-order valence-corrected chi connectivity index (χ3v) is 5.32. The lowest BCUT2D eigenvalue weighted by Gasteiger charge is -2.26. The first-order valence-electron chi connectivity index (χ1n) is 9.56. The second-order valence-corrected chi connectivity index (χ2v) is 8.71. The topological polar surface area (TPSA) is 68.5 Å². The van der Waals surface area contributed by atoms with E-state index in [-0.39, 0.29) is 17.4 Å². The number of anilines is 1. The lowest BCUT2D eigenvalue weighted by Crippen LogP contribution is -2.36. The van der Waals surface area contributed by atoms with Crippen LogP contribution < -0.4 is 5.32 Å². The number of rotatable bonds is 3. The van der Waals surface area contributed by atoms with Gasteiger partial charge in [-0.3, -0.25) is 9.78 Å². The molecule has 4 rings (SSSR count). The molecule has 3 aromatic heterocycles. The molecule has 1 saturated heterocycles. The van der Waals surface area contributed by atoms with Crippen LogP contribution in [0.3, 0.4) is 0 Å². The molecule has 1 aliphatic heterocycles. The molecule has 0 aromatic carbocycles. The second kappa shape index (κ2) is 6.41. The maximum atomic E-state index is 12.9. The number of carbonyl (C=O) groups excluding carboxylic acids is 1. The summed E-state index contributed by atoms with van der Waals surface area (Å²) in [5, 5.41) is 2.97. The van der Waals surface area contributed by atoms with Crippen LogP contribution in [0.2, 0.25) is 0 Å². The monoisotopic (exact) mass is 378 g/mol. The van der Waals surface area contributed by atoms with Crippen LogP contribution in [0.1, 0.15) is 39.8 Å². The third kappa shape index (κ3) is 3.52. The van der Waals surface area contributed by atoms with E-state index < -0.39 is 5.60 Å². The highest BCUT2D eigenvalue weighted by Crippen LogP contribution is 2.42. The summed E-state index contributed by atoms with van der Waals surface area (Å²) in [4.78, 5) is 21.7. The quantitative estimate of drug-likeness (QED) is 0.740. The van der Waals surface area contributed by atoms with Crippen molar-refractivity contribution in [1.29, 1.82) is 0 Å². The standard InChI is InChI=1S/C22H26N4O2/c1-14-10-15(8-9-23-14)16-6-7-19-24-18(13-26(19)12-16)25-20(27)17-11-21(2,3)28-22(17,4)5/h6-10,12-13,17H,11H2,1-5H3,(H,25,27). The summed E-state index contributed by atoms with van der Waals surface area (Å²) < 4.78 is 7.98. The lowest BCUT2D eigenvalue weighted by molar-refractivity contribution is -0.126. The fourth-order valence-corrected chi connectivity index (χ4v) is 4.13. The summed E-state index contributed by atoms with van der Waals surface area (Å²) in [5.41, 5.74) is 3.12. The Bertz CT molecular complexity index is 1050. The number of pyridine rings is 2. The minimum Gasteiger partial charge on any atom is -0.369 e. The smallest absolute Gasteiger partial charge is 0.231 e. The zero-order chi connectivity index (χ0) is 20.1. The van der Waals surface area contributed by atoms with Crippen LogP contribution in [0.4, 0.5) is 5.82 Å². The molecule has 6 nitrogen and oxygen atoms in total. The molecular weight excluding hydrogens is 352 g/mol. The summed E-state index contributed by atoms with van der Waals surface area (Å²) in [5.74, 6) is 0.278. The summed E-state index contributed by atoms with van der Waals surface area (Å²) in [6, 6.07) is 8.01. The summed E-state index contributed by atoms with van der Waals surface area (Å²) in [7, 11) is 0. The molecule has 3 aromatic rings. The molecule has 1 unspecified atom stereocenters. The van der Waals surface area contributed by atoms with Crippen LogP contribution in [0.5, 0.6) is 0 Å². The maximum Gasteiger partial charge on any atom is 0.231 e. The van der Waals surface area contributed by atoms with Crippen molar-refractivity contribution in [3.8, 4) is 11.1 Å². The van der Waals surface area contributed by atoms with Gasteiger partial charge >= 0.3 is 0 Å². The van der Waals surface area contributed by atoms with E-state index in [0.29, 0.717) is 12.2 Å². The minimum absolute atomic E-state index is 0.0519. The van der Waals surface area contributed by atoms with Gasteiger partial charge in [-0.15, -0.1) is 0 Å². The van der Waals surface area contributed by atoms with Crippen LogP contribution >= 0.6 is 0 Å². The van der Waals surface area contributed by atoms with Gasteiger partial charge in [0.25, 0.3) is 0 Å². The Morgan fingerprint density at radius 3 is 2.64 bits per heavy atom. The highest BCUT2D eigenvalue weighted by atomic mass is 16.5. The number of carbonyl (C=O) groups is 1. The van der Waals surface area contributed by atoms with E-state index in [1.165, 1.54) is 0 Å². The number of hydrogen-bond donors (Lipinski definition) is 1. The van der Waals surface area contributed by atoms with Crippen molar-refractivity contribution in [3.63, 3.8) is 0 Å². The van der Waals surface area contributed by atoms with E-state index >= 15 is 0 Å². The number of imidazole rings is 1. The van der Waals surface area contributed by atoms with Gasteiger partial charge in [0.15, 0.2) is 5.82 Å². The number of nitrogens with one attached hydrogen (secondary N) is 1. The van der Waals surface area contributed by atoms with Crippen molar-refractivity contribution in [2.24, 2.45) is 5.92 Å². The first-order valence-corrected chi connectivity index (χ1v) is 9.56. The first-order chi connectivity index (χ1) is 13.1. The van der Waals surface area contributed by atoms with E-state index in [2.05, 4.69) is 15.3 Å². The summed E-state index contributed by atoms with van der Waals surface area (Å²) in [6.07, 6.45) is 6.35. The van der Waals surface area contributed by atoms with Crippen LogP contribution in [-0.4, -0.2) is 31.5 Å². The van der Waals surface area contributed by atoms with Gasteiger partial charge in [-0.05, 0) is 76.4 Å². The Kier molecular flexibility index (Phi) is 4.27. The lowest BCUT2D eigenvalue weighted by atomic mass is 9.86. The Morgan fingerprint density at radius 1 is 1.18 bits per heavy atom. The van der Waals surface area contributed by atoms with Crippen molar-refractivity contribution in [1.82, 2.24) is 14.4 Å².